The Morgan fingerprint density at radius 2 is 1.89 bits per heavy atom. The van der Waals surface area contributed by atoms with E-state index in [0.29, 0.717) is 22.9 Å². The maximum Gasteiger partial charge on any atom is 0.255 e. The van der Waals surface area contributed by atoms with Crippen molar-refractivity contribution in [1.29, 1.82) is 0 Å². The number of rotatable bonds is 5. The van der Waals surface area contributed by atoms with Gasteiger partial charge in [-0.05, 0) is 25.1 Å². The summed E-state index contributed by atoms with van der Waals surface area (Å²) in [5.41, 5.74) is 1.38. The van der Waals surface area contributed by atoms with Gasteiger partial charge in [-0.1, -0.05) is 48.0 Å². The molecule has 0 fully saturated rings. The number of ether oxygens (including phenoxy) is 1. The molecule has 0 saturated carbocycles. The van der Waals surface area contributed by atoms with Crippen LogP contribution in [-0.2, 0) is 6.61 Å². The summed E-state index contributed by atoms with van der Waals surface area (Å²) >= 11 is 7.99. The summed E-state index contributed by atoms with van der Waals surface area (Å²) in [4.78, 5) is 17.2. The van der Waals surface area contributed by atoms with Crippen LogP contribution in [0.3, 0.4) is 0 Å². The molecule has 4 rings (SSSR count). The zero-order valence-electron chi connectivity index (χ0n) is 14.7. The fourth-order valence-electron chi connectivity index (χ4n) is 3.00. The number of amides is 1. The third kappa shape index (κ3) is 3.48. The average Bonchev–Trinajstić information content (AvgIpc) is 3.10. The number of carbonyl (C=O) groups is 1. The number of aromatic nitrogens is 1. The molecule has 1 N–H and O–H groups in total. The van der Waals surface area contributed by atoms with Crippen LogP contribution in [0.1, 0.15) is 22.3 Å². The molecule has 27 heavy (non-hydrogen) atoms. The Hall–Kier alpha value is -2.63. The Labute approximate surface area is 165 Å². The number of fused-ring (bicyclic) bond motifs is 2. The second-order valence-corrected chi connectivity index (χ2v) is 7.53. The number of benzene rings is 3. The van der Waals surface area contributed by atoms with Crippen molar-refractivity contribution >= 4 is 49.8 Å². The van der Waals surface area contributed by atoms with Crippen molar-refractivity contribution in [1.82, 2.24) is 10.3 Å². The van der Waals surface area contributed by atoms with Crippen molar-refractivity contribution in [3.05, 3.63) is 70.2 Å². The molecule has 1 aromatic heterocycles. The SMILES string of the molecule is CCNC(=O)c1cc(Cl)c2ccccc2c1OCc1nc2ccccc2s1. The molecular formula is C21H17ClN2O2S. The van der Waals surface area contributed by atoms with Crippen LogP contribution < -0.4 is 10.1 Å². The minimum atomic E-state index is -0.204. The number of hydrogen-bond acceptors (Lipinski definition) is 4. The van der Waals surface area contributed by atoms with Crippen LogP contribution in [0.25, 0.3) is 21.0 Å². The molecule has 0 spiro atoms. The first-order valence-corrected chi connectivity index (χ1v) is 9.83. The Morgan fingerprint density at radius 3 is 2.67 bits per heavy atom. The predicted octanol–water partition coefficient (Wildman–Crippen LogP) is 5.43. The van der Waals surface area contributed by atoms with Crippen LogP contribution in [0.15, 0.2) is 54.6 Å². The quantitative estimate of drug-likeness (QED) is 0.489. The molecule has 0 radical (unpaired) electrons. The Balaban J connectivity index is 1.75. The van der Waals surface area contributed by atoms with E-state index in [2.05, 4.69) is 10.3 Å². The highest BCUT2D eigenvalue weighted by Crippen LogP contribution is 2.36. The highest BCUT2D eigenvalue weighted by atomic mass is 35.5. The zero-order chi connectivity index (χ0) is 18.8. The zero-order valence-corrected chi connectivity index (χ0v) is 16.2. The van der Waals surface area contributed by atoms with Gasteiger partial charge in [-0.2, -0.15) is 0 Å². The van der Waals surface area contributed by atoms with Gasteiger partial charge in [-0.3, -0.25) is 4.79 Å². The molecule has 3 aromatic carbocycles. The molecule has 136 valence electrons. The van der Waals surface area contributed by atoms with Gasteiger partial charge in [0, 0.05) is 22.3 Å². The maximum atomic E-state index is 12.6. The van der Waals surface area contributed by atoms with E-state index in [1.807, 2.05) is 55.5 Å². The van der Waals surface area contributed by atoms with Crippen molar-refractivity contribution in [2.45, 2.75) is 13.5 Å². The molecule has 4 nitrogen and oxygen atoms in total. The lowest BCUT2D eigenvalue weighted by Gasteiger charge is -2.14. The van der Waals surface area contributed by atoms with Crippen LogP contribution in [0, 0.1) is 0 Å². The number of para-hydroxylation sites is 1. The van der Waals surface area contributed by atoms with Gasteiger partial charge >= 0.3 is 0 Å². The number of carbonyl (C=O) groups excluding carboxylic acids is 1. The van der Waals surface area contributed by atoms with E-state index in [0.717, 1.165) is 26.0 Å². The Morgan fingerprint density at radius 1 is 1.15 bits per heavy atom. The van der Waals surface area contributed by atoms with Gasteiger partial charge in [0.1, 0.15) is 17.4 Å². The molecule has 4 aromatic rings. The molecule has 0 saturated heterocycles. The van der Waals surface area contributed by atoms with Gasteiger partial charge in [0.15, 0.2) is 0 Å². The summed E-state index contributed by atoms with van der Waals surface area (Å²) in [5, 5.41) is 5.87. The van der Waals surface area contributed by atoms with Gasteiger partial charge < -0.3 is 10.1 Å². The van der Waals surface area contributed by atoms with Gasteiger partial charge in [-0.15, -0.1) is 11.3 Å². The molecular weight excluding hydrogens is 380 g/mol. The Kier molecular flexibility index (Phi) is 4.97. The number of nitrogens with zero attached hydrogens (tertiary/aromatic N) is 1. The summed E-state index contributed by atoms with van der Waals surface area (Å²) in [7, 11) is 0. The fourth-order valence-corrected chi connectivity index (χ4v) is 4.15. The van der Waals surface area contributed by atoms with Crippen LogP contribution in [0.5, 0.6) is 5.75 Å². The van der Waals surface area contributed by atoms with Crippen LogP contribution in [0.2, 0.25) is 5.02 Å². The van der Waals surface area contributed by atoms with Crippen LogP contribution in [-0.4, -0.2) is 17.4 Å². The Bertz CT molecular complexity index is 1110. The van der Waals surface area contributed by atoms with Gasteiger partial charge in [0.2, 0.25) is 0 Å². The highest BCUT2D eigenvalue weighted by Gasteiger charge is 2.18. The number of thiazole rings is 1. The van der Waals surface area contributed by atoms with Crippen molar-refractivity contribution in [3.8, 4) is 5.75 Å². The standard InChI is InChI=1S/C21H17ClN2O2S/c1-2-23-21(25)15-11-16(22)13-7-3-4-8-14(13)20(15)26-12-19-24-17-9-5-6-10-18(17)27-19/h3-11H,2,12H2,1H3,(H,23,25). The third-order valence-corrected chi connectivity index (χ3v) is 5.53. The van der Waals surface area contributed by atoms with Crippen molar-refractivity contribution in [2.75, 3.05) is 6.54 Å². The predicted molar refractivity (Wildman–Crippen MR) is 111 cm³/mol. The molecule has 0 aliphatic carbocycles. The van der Waals surface area contributed by atoms with E-state index in [4.69, 9.17) is 16.3 Å². The summed E-state index contributed by atoms with van der Waals surface area (Å²) in [5.74, 6) is 0.324. The first-order valence-electron chi connectivity index (χ1n) is 8.64. The maximum absolute atomic E-state index is 12.6. The lowest BCUT2D eigenvalue weighted by Crippen LogP contribution is -2.23. The van der Waals surface area contributed by atoms with Crippen molar-refractivity contribution in [3.63, 3.8) is 0 Å². The monoisotopic (exact) mass is 396 g/mol. The molecule has 0 atom stereocenters. The second-order valence-electron chi connectivity index (χ2n) is 6.00. The van der Waals surface area contributed by atoms with Gasteiger partial charge in [-0.25, -0.2) is 4.98 Å². The van der Waals surface area contributed by atoms with E-state index in [-0.39, 0.29) is 12.5 Å². The van der Waals surface area contributed by atoms with Crippen molar-refractivity contribution in [2.24, 2.45) is 0 Å². The summed E-state index contributed by atoms with van der Waals surface area (Å²) in [6.07, 6.45) is 0. The van der Waals surface area contributed by atoms with E-state index in [1.165, 1.54) is 0 Å². The minimum Gasteiger partial charge on any atom is -0.485 e. The topological polar surface area (TPSA) is 51.2 Å². The molecule has 0 unspecified atom stereocenters. The molecule has 6 heteroatoms. The first kappa shape index (κ1) is 17.8. The molecule has 0 aliphatic rings. The average molecular weight is 397 g/mol. The molecule has 0 aliphatic heterocycles. The van der Waals surface area contributed by atoms with Gasteiger partial charge in [0.25, 0.3) is 5.91 Å². The smallest absolute Gasteiger partial charge is 0.255 e. The third-order valence-electron chi connectivity index (χ3n) is 4.20. The van der Waals surface area contributed by atoms with Crippen LogP contribution >= 0.6 is 22.9 Å². The van der Waals surface area contributed by atoms with E-state index < -0.39 is 0 Å². The lowest BCUT2D eigenvalue weighted by molar-refractivity contribution is 0.0951. The van der Waals surface area contributed by atoms with Crippen LogP contribution in [0.4, 0.5) is 0 Å². The van der Waals surface area contributed by atoms with E-state index in [9.17, 15) is 4.79 Å². The fraction of sp³-hybridized carbons (Fsp3) is 0.143. The normalized spacial score (nSPS) is 11.0. The minimum absolute atomic E-state index is 0.204. The molecule has 1 amide bonds. The highest BCUT2D eigenvalue weighted by molar-refractivity contribution is 7.18. The lowest BCUT2D eigenvalue weighted by atomic mass is 10.0. The number of nitrogens with one attached hydrogen (secondary N) is 1. The summed E-state index contributed by atoms with van der Waals surface area (Å²) in [6, 6.07) is 17.3. The van der Waals surface area contributed by atoms with E-state index >= 15 is 0 Å². The number of halogens is 1. The van der Waals surface area contributed by atoms with E-state index in [1.54, 1.807) is 17.4 Å². The largest absolute Gasteiger partial charge is 0.485 e. The first-order chi connectivity index (χ1) is 13.2. The number of hydrogen-bond donors (Lipinski definition) is 1. The van der Waals surface area contributed by atoms with Gasteiger partial charge in [0.05, 0.1) is 15.8 Å². The summed E-state index contributed by atoms with van der Waals surface area (Å²) < 4.78 is 7.23. The summed E-state index contributed by atoms with van der Waals surface area (Å²) in [6.45, 7) is 2.69. The molecule has 0 bridgehead atoms. The second kappa shape index (κ2) is 7.55. The van der Waals surface area contributed by atoms with Crippen molar-refractivity contribution < 1.29 is 9.53 Å². The molecule has 1 heterocycles.